The molecule has 0 aliphatic heterocycles. The predicted octanol–water partition coefficient (Wildman–Crippen LogP) is 2.59. The van der Waals surface area contributed by atoms with Gasteiger partial charge in [-0.3, -0.25) is 0 Å². The fraction of sp³-hybridized carbons (Fsp3) is 0.500. The quantitative estimate of drug-likeness (QED) is 0.360. The van der Waals surface area contributed by atoms with Crippen molar-refractivity contribution in [3.8, 4) is 17.2 Å². The zero-order valence-electron chi connectivity index (χ0n) is 19.2. The normalized spacial score (nSPS) is 11.3. The molecule has 0 spiro atoms. The first-order valence-electron chi connectivity index (χ1n) is 10.6. The molecule has 2 aromatic rings. The van der Waals surface area contributed by atoms with Crippen LogP contribution in [0.5, 0.6) is 17.2 Å². The van der Waals surface area contributed by atoms with E-state index in [1.807, 2.05) is 37.3 Å². The molecule has 7 heteroatoms. The standard InChI is InChI=1S/C13H21NO4.C11H17NO/c1-16-11-7-10(9-14-5-4-6-15)8-12(17-2)13(11)18-3;1-10(9-13)7-12-8-11-5-3-2-4-6-11/h7-8,14-15H,4-6,9H2,1-3H3;2-6,10,12-13H,7-9H2,1H3/t;10-/m.0/s1. The average Bonchev–Trinajstić information content (AvgIpc) is 2.82. The summed E-state index contributed by atoms with van der Waals surface area (Å²) in [6.45, 7) is 5.68. The van der Waals surface area contributed by atoms with Crippen LogP contribution in [0.3, 0.4) is 0 Å². The fourth-order valence-electron chi connectivity index (χ4n) is 2.80. The van der Waals surface area contributed by atoms with Crippen molar-refractivity contribution in [1.29, 1.82) is 0 Å². The minimum absolute atomic E-state index is 0.197. The highest BCUT2D eigenvalue weighted by molar-refractivity contribution is 5.53. The molecule has 2 aromatic carbocycles. The molecule has 0 aromatic heterocycles. The molecule has 1 atom stereocenters. The summed E-state index contributed by atoms with van der Waals surface area (Å²) in [6.07, 6.45) is 0.741. The Labute approximate surface area is 186 Å². The SMILES string of the molecule is COc1cc(CNCCCO)cc(OC)c1OC.C[C@H](CO)CNCc1ccccc1. The predicted molar refractivity (Wildman–Crippen MR) is 124 cm³/mol. The number of hydrogen-bond donors (Lipinski definition) is 4. The largest absolute Gasteiger partial charge is 0.493 e. The van der Waals surface area contributed by atoms with Gasteiger partial charge >= 0.3 is 0 Å². The van der Waals surface area contributed by atoms with E-state index in [4.69, 9.17) is 24.4 Å². The maximum Gasteiger partial charge on any atom is 0.203 e. The van der Waals surface area contributed by atoms with E-state index in [1.54, 1.807) is 21.3 Å². The van der Waals surface area contributed by atoms with Crippen LogP contribution in [-0.2, 0) is 13.1 Å². The zero-order valence-corrected chi connectivity index (χ0v) is 19.2. The lowest BCUT2D eigenvalue weighted by molar-refractivity contribution is 0.233. The van der Waals surface area contributed by atoms with E-state index in [1.165, 1.54) is 5.56 Å². The lowest BCUT2D eigenvalue weighted by Gasteiger charge is -2.14. The van der Waals surface area contributed by atoms with Crippen molar-refractivity contribution < 1.29 is 24.4 Å². The molecule has 0 bridgehead atoms. The second-order valence-electron chi connectivity index (χ2n) is 7.19. The van der Waals surface area contributed by atoms with Gasteiger partial charge in [-0.1, -0.05) is 37.3 Å². The first-order valence-corrected chi connectivity index (χ1v) is 10.6. The van der Waals surface area contributed by atoms with Gasteiger partial charge in [-0.2, -0.15) is 0 Å². The third kappa shape index (κ3) is 10.5. The van der Waals surface area contributed by atoms with Crippen LogP contribution in [0.15, 0.2) is 42.5 Å². The summed E-state index contributed by atoms with van der Waals surface area (Å²) in [5, 5.41) is 24.0. The minimum atomic E-state index is 0.197. The van der Waals surface area contributed by atoms with Gasteiger partial charge in [0, 0.05) is 32.8 Å². The van der Waals surface area contributed by atoms with Crippen LogP contribution in [0.1, 0.15) is 24.5 Å². The molecule has 0 saturated heterocycles. The molecule has 0 heterocycles. The van der Waals surface area contributed by atoms with Gasteiger partial charge in [-0.05, 0) is 42.1 Å². The molecule has 0 aliphatic carbocycles. The van der Waals surface area contributed by atoms with E-state index in [0.29, 0.717) is 29.7 Å². The van der Waals surface area contributed by atoms with Gasteiger partial charge in [0.25, 0.3) is 0 Å². The third-order valence-electron chi connectivity index (χ3n) is 4.54. The van der Waals surface area contributed by atoms with Gasteiger partial charge < -0.3 is 35.1 Å². The Hall–Kier alpha value is -2.32. The Kier molecular flexibility index (Phi) is 14.1. The molecule has 4 N–H and O–H groups in total. The van der Waals surface area contributed by atoms with Gasteiger partial charge in [0.05, 0.1) is 21.3 Å². The summed E-state index contributed by atoms with van der Waals surface area (Å²) < 4.78 is 15.8. The van der Waals surface area contributed by atoms with Crippen molar-refractivity contribution in [2.45, 2.75) is 26.4 Å². The summed E-state index contributed by atoms with van der Waals surface area (Å²) in [5.74, 6) is 2.23. The van der Waals surface area contributed by atoms with Crippen LogP contribution < -0.4 is 24.8 Å². The molecular weight excluding hydrogens is 396 g/mol. The highest BCUT2D eigenvalue weighted by Crippen LogP contribution is 2.38. The van der Waals surface area contributed by atoms with Crippen molar-refractivity contribution in [3.05, 3.63) is 53.6 Å². The molecule has 174 valence electrons. The number of aliphatic hydroxyl groups excluding tert-OH is 2. The molecule has 0 radical (unpaired) electrons. The van der Waals surface area contributed by atoms with Crippen molar-refractivity contribution >= 4 is 0 Å². The monoisotopic (exact) mass is 434 g/mol. The van der Waals surface area contributed by atoms with Crippen molar-refractivity contribution in [1.82, 2.24) is 10.6 Å². The number of methoxy groups -OCH3 is 3. The number of benzene rings is 2. The zero-order chi connectivity index (χ0) is 22.9. The van der Waals surface area contributed by atoms with E-state index in [0.717, 1.165) is 31.6 Å². The van der Waals surface area contributed by atoms with Crippen LogP contribution in [-0.4, -0.2) is 57.8 Å². The number of nitrogens with one attached hydrogen (secondary N) is 2. The van der Waals surface area contributed by atoms with Crippen LogP contribution in [0.2, 0.25) is 0 Å². The van der Waals surface area contributed by atoms with Gasteiger partial charge in [0.2, 0.25) is 5.75 Å². The Morgan fingerprint density at radius 1 is 0.839 bits per heavy atom. The topological polar surface area (TPSA) is 92.2 Å². The Balaban J connectivity index is 0.000000327. The summed E-state index contributed by atoms with van der Waals surface area (Å²) in [4.78, 5) is 0. The van der Waals surface area contributed by atoms with Gasteiger partial charge in [-0.25, -0.2) is 0 Å². The lowest BCUT2D eigenvalue weighted by Crippen LogP contribution is -2.22. The smallest absolute Gasteiger partial charge is 0.203 e. The van der Waals surface area contributed by atoms with Gasteiger partial charge in [0.15, 0.2) is 11.5 Å². The Morgan fingerprint density at radius 3 is 1.97 bits per heavy atom. The molecule has 0 fully saturated rings. The Morgan fingerprint density at radius 2 is 1.45 bits per heavy atom. The second kappa shape index (κ2) is 16.4. The minimum Gasteiger partial charge on any atom is -0.493 e. The first kappa shape index (κ1) is 26.7. The molecule has 31 heavy (non-hydrogen) atoms. The van der Waals surface area contributed by atoms with Crippen LogP contribution in [0.25, 0.3) is 0 Å². The van der Waals surface area contributed by atoms with Gasteiger partial charge in [-0.15, -0.1) is 0 Å². The maximum atomic E-state index is 8.79. The van der Waals surface area contributed by atoms with E-state index in [-0.39, 0.29) is 13.2 Å². The third-order valence-corrected chi connectivity index (χ3v) is 4.54. The van der Waals surface area contributed by atoms with Crippen molar-refractivity contribution in [2.75, 3.05) is 47.6 Å². The fourth-order valence-corrected chi connectivity index (χ4v) is 2.80. The van der Waals surface area contributed by atoms with E-state index in [2.05, 4.69) is 22.8 Å². The molecule has 7 nitrogen and oxygen atoms in total. The summed E-state index contributed by atoms with van der Waals surface area (Å²) in [6, 6.07) is 14.1. The molecular formula is C24H38N2O5. The van der Waals surface area contributed by atoms with Crippen molar-refractivity contribution in [3.63, 3.8) is 0 Å². The van der Waals surface area contributed by atoms with E-state index < -0.39 is 0 Å². The highest BCUT2D eigenvalue weighted by atomic mass is 16.5. The molecule has 0 aliphatic rings. The maximum absolute atomic E-state index is 8.79. The summed E-state index contributed by atoms with van der Waals surface area (Å²) >= 11 is 0. The van der Waals surface area contributed by atoms with Crippen LogP contribution in [0.4, 0.5) is 0 Å². The highest BCUT2D eigenvalue weighted by Gasteiger charge is 2.12. The average molecular weight is 435 g/mol. The summed E-state index contributed by atoms with van der Waals surface area (Å²) in [5.41, 5.74) is 2.33. The van der Waals surface area contributed by atoms with Crippen LogP contribution >= 0.6 is 0 Å². The molecule has 0 amide bonds. The first-order chi connectivity index (χ1) is 15.1. The number of rotatable bonds is 13. The van der Waals surface area contributed by atoms with Crippen molar-refractivity contribution in [2.24, 2.45) is 5.92 Å². The Bertz CT molecular complexity index is 687. The van der Waals surface area contributed by atoms with E-state index in [9.17, 15) is 0 Å². The van der Waals surface area contributed by atoms with E-state index >= 15 is 0 Å². The summed E-state index contributed by atoms with van der Waals surface area (Å²) in [7, 11) is 4.78. The molecule has 0 unspecified atom stereocenters. The lowest BCUT2D eigenvalue weighted by atomic mass is 10.1. The second-order valence-corrected chi connectivity index (χ2v) is 7.19. The van der Waals surface area contributed by atoms with Crippen LogP contribution in [0, 0.1) is 5.92 Å². The number of ether oxygens (including phenoxy) is 3. The van der Waals surface area contributed by atoms with Gasteiger partial charge in [0.1, 0.15) is 0 Å². The molecule has 2 rings (SSSR count). The molecule has 0 saturated carbocycles. The number of hydrogen-bond acceptors (Lipinski definition) is 7. The number of aliphatic hydroxyl groups is 2.